The molecule has 0 amide bonds. The van der Waals surface area contributed by atoms with Crippen LogP contribution < -0.4 is 10.5 Å². The number of fused-ring (bicyclic) bond motifs is 1. The fourth-order valence-electron chi connectivity index (χ4n) is 5.40. The van der Waals surface area contributed by atoms with E-state index in [1.807, 2.05) is 0 Å². The molecule has 3 unspecified atom stereocenters. The van der Waals surface area contributed by atoms with E-state index in [1.165, 1.54) is 56.2 Å². The summed E-state index contributed by atoms with van der Waals surface area (Å²) in [5.41, 5.74) is 9.90. The third-order valence-electron chi connectivity index (χ3n) is 7.25. The topological polar surface area (TPSA) is 69.2 Å². The van der Waals surface area contributed by atoms with Gasteiger partial charge in [0.05, 0.1) is 5.69 Å². The molecule has 2 aromatic heterocycles. The molecule has 1 aliphatic heterocycles. The number of likely N-dealkylation sites (tertiary alicyclic amines) is 1. The Balaban J connectivity index is 1.28. The Hall–Kier alpha value is -2.64. The molecule has 3 atom stereocenters. The number of pyridine rings is 1. The molecule has 2 saturated carbocycles. The summed E-state index contributed by atoms with van der Waals surface area (Å²) in [6.07, 6.45) is 10.4. The molecule has 2 aromatic rings. The van der Waals surface area contributed by atoms with Crippen molar-refractivity contribution in [3.8, 4) is 17.0 Å². The highest BCUT2D eigenvalue weighted by Crippen LogP contribution is 2.62. The Morgan fingerprint density at radius 3 is 2.68 bits per heavy atom. The maximum absolute atomic E-state index is 12.7. The molecule has 3 heterocycles. The molecule has 4 aliphatic rings. The molecule has 0 spiro atoms. The third-order valence-corrected chi connectivity index (χ3v) is 7.25. The number of anilines is 1. The lowest BCUT2D eigenvalue weighted by atomic mass is 10.1. The average molecular weight is 427 g/mol. The number of allylic oxidation sites excluding steroid dienone is 2. The third kappa shape index (κ3) is 3.55. The average Bonchev–Trinajstić information content (AvgIpc) is 3.42. The van der Waals surface area contributed by atoms with Crippen molar-refractivity contribution in [2.24, 2.45) is 17.8 Å². The van der Waals surface area contributed by atoms with E-state index in [0.29, 0.717) is 29.2 Å². The maximum atomic E-state index is 12.7. The van der Waals surface area contributed by atoms with Gasteiger partial charge < -0.3 is 15.4 Å². The van der Waals surface area contributed by atoms with Gasteiger partial charge in [0.15, 0.2) is 11.6 Å². The van der Waals surface area contributed by atoms with E-state index in [9.17, 15) is 8.78 Å². The summed E-state index contributed by atoms with van der Waals surface area (Å²) in [5.74, 6) is 2.32. The predicted octanol–water partition coefficient (Wildman–Crippen LogP) is 4.25. The number of hydrogen-bond donors (Lipinski definition) is 1. The van der Waals surface area contributed by atoms with Gasteiger partial charge in [-0.3, -0.25) is 4.68 Å². The van der Waals surface area contributed by atoms with Gasteiger partial charge in [0.1, 0.15) is 0 Å². The minimum Gasteiger partial charge on any atom is -0.431 e. The van der Waals surface area contributed by atoms with Crippen molar-refractivity contribution in [3.05, 3.63) is 35.8 Å². The first-order valence-electron chi connectivity index (χ1n) is 11.3. The molecule has 0 bridgehead atoms. The van der Waals surface area contributed by atoms with E-state index in [-0.39, 0.29) is 11.6 Å². The molecule has 1 saturated heterocycles. The maximum Gasteiger partial charge on any atom is 0.387 e. The predicted molar refractivity (Wildman–Crippen MR) is 112 cm³/mol. The van der Waals surface area contributed by atoms with Crippen molar-refractivity contribution < 1.29 is 13.5 Å². The minimum atomic E-state index is -2.94. The summed E-state index contributed by atoms with van der Waals surface area (Å²) in [7, 11) is 0. The molecule has 31 heavy (non-hydrogen) atoms. The van der Waals surface area contributed by atoms with E-state index < -0.39 is 6.61 Å². The van der Waals surface area contributed by atoms with Crippen LogP contribution in [0.15, 0.2) is 30.1 Å². The molecule has 3 fully saturated rings. The molecule has 0 radical (unpaired) electrons. The van der Waals surface area contributed by atoms with E-state index in [2.05, 4.69) is 31.4 Å². The molecule has 3 aliphatic carbocycles. The Labute approximate surface area is 180 Å². The zero-order valence-corrected chi connectivity index (χ0v) is 17.4. The van der Waals surface area contributed by atoms with Crippen LogP contribution in [0.5, 0.6) is 5.75 Å². The number of ether oxygens (including phenoxy) is 1. The Bertz CT molecular complexity index is 1020. The fraction of sp³-hybridized carbons (Fsp3) is 0.565. The van der Waals surface area contributed by atoms with Crippen LogP contribution in [0.4, 0.5) is 14.6 Å². The second-order valence-corrected chi connectivity index (χ2v) is 9.39. The normalized spacial score (nSPS) is 27.0. The van der Waals surface area contributed by atoms with Crippen molar-refractivity contribution in [1.29, 1.82) is 0 Å². The summed E-state index contributed by atoms with van der Waals surface area (Å²) in [4.78, 5) is 6.60. The monoisotopic (exact) mass is 427 g/mol. The molecule has 6 nitrogen and oxygen atoms in total. The van der Waals surface area contributed by atoms with E-state index in [1.54, 1.807) is 6.20 Å². The van der Waals surface area contributed by atoms with Crippen molar-refractivity contribution in [1.82, 2.24) is 19.7 Å². The molecule has 2 N–H and O–H groups in total. The number of nitrogen functional groups attached to an aromatic ring is 1. The first kappa shape index (κ1) is 19.1. The second kappa shape index (κ2) is 7.21. The lowest BCUT2D eigenvalue weighted by molar-refractivity contribution is -0.0494. The van der Waals surface area contributed by atoms with Crippen LogP contribution in [0.1, 0.15) is 43.7 Å². The highest BCUT2D eigenvalue weighted by Gasteiger charge is 2.55. The number of nitrogens with two attached hydrogens (primary N) is 1. The van der Waals surface area contributed by atoms with Crippen LogP contribution in [0, 0.1) is 17.8 Å². The van der Waals surface area contributed by atoms with Gasteiger partial charge in [-0.15, -0.1) is 0 Å². The first-order valence-corrected chi connectivity index (χ1v) is 11.3. The minimum absolute atomic E-state index is 0.0435. The number of hydrogen-bond acceptors (Lipinski definition) is 5. The van der Waals surface area contributed by atoms with Crippen LogP contribution >= 0.6 is 0 Å². The van der Waals surface area contributed by atoms with Crippen molar-refractivity contribution in [2.45, 2.75) is 51.2 Å². The van der Waals surface area contributed by atoms with Crippen molar-refractivity contribution in [2.75, 3.05) is 18.8 Å². The molecular weight excluding hydrogens is 400 g/mol. The highest BCUT2D eigenvalue weighted by molar-refractivity contribution is 5.64. The number of alkyl halides is 2. The van der Waals surface area contributed by atoms with E-state index in [0.717, 1.165) is 18.7 Å². The van der Waals surface area contributed by atoms with Gasteiger partial charge in [0.2, 0.25) is 0 Å². The van der Waals surface area contributed by atoms with Crippen molar-refractivity contribution in [3.63, 3.8) is 0 Å². The second-order valence-electron chi connectivity index (χ2n) is 9.39. The number of aromatic nitrogens is 3. The Kier molecular flexibility index (Phi) is 4.43. The summed E-state index contributed by atoms with van der Waals surface area (Å²) in [6.45, 7) is 0.390. The number of nitrogens with zero attached hydrogens (tertiary/aromatic N) is 4. The molecular formula is C23H27F2N5O. The molecule has 6 rings (SSSR count). The standard InChI is InChI=1S/C23H27F2N5O/c24-23(25)31-20-7-14(11-27-22(20)26)18-10-19(30(28-18)12-13-3-4-13)21-16-8-15(9-17(16)21)29-5-1-2-6-29/h7-8,10-11,13,16-17,21,23H,1-6,9,12H2,(H2,26,27). The smallest absolute Gasteiger partial charge is 0.387 e. The lowest BCUT2D eigenvalue weighted by Gasteiger charge is -2.20. The quantitative estimate of drug-likeness (QED) is 0.715. The van der Waals surface area contributed by atoms with Gasteiger partial charge in [0.25, 0.3) is 0 Å². The van der Waals surface area contributed by atoms with Gasteiger partial charge in [-0.1, -0.05) is 6.08 Å². The van der Waals surface area contributed by atoms with Gasteiger partial charge in [-0.25, -0.2) is 4.98 Å². The molecule has 8 heteroatoms. The van der Waals surface area contributed by atoms with Gasteiger partial charge >= 0.3 is 6.61 Å². The van der Waals surface area contributed by atoms with Crippen LogP contribution in [0.25, 0.3) is 11.3 Å². The van der Waals surface area contributed by atoms with Gasteiger partial charge in [-0.05, 0) is 62.0 Å². The van der Waals surface area contributed by atoms with E-state index >= 15 is 0 Å². The Morgan fingerprint density at radius 1 is 1.19 bits per heavy atom. The zero-order valence-electron chi connectivity index (χ0n) is 17.4. The van der Waals surface area contributed by atoms with Crippen LogP contribution in [0.2, 0.25) is 0 Å². The Morgan fingerprint density at radius 2 is 2.00 bits per heavy atom. The first-order chi connectivity index (χ1) is 15.1. The highest BCUT2D eigenvalue weighted by atomic mass is 19.3. The van der Waals surface area contributed by atoms with E-state index in [4.69, 9.17) is 10.8 Å². The van der Waals surface area contributed by atoms with Crippen molar-refractivity contribution >= 4 is 5.82 Å². The zero-order chi connectivity index (χ0) is 21.1. The molecule has 164 valence electrons. The SMILES string of the molecule is Nc1ncc(-c2cc(C3C4C=C(N5CCCC5)CC43)n(CC3CC3)n2)cc1OC(F)F. The van der Waals surface area contributed by atoms with Gasteiger partial charge in [0, 0.05) is 48.7 Å². The van der Waals surface area contributed by atoms with Crippen LogP contribution in [-0.4, -0.2) is 39.4 Å². The van der Waals surface area contributed by atoms with Crippen LogP contribution in [-0.2, 0) is 6.54 Å². The summed E-state index contributed by atoms with van der Waals surface area (Å²) in [5, 5.41) is 4.86. The summed E-state index contributed by atoms with van der Waals surface area (Å²) < 4.78 is 32.1. The largest absolute Gasteiger partial charge is 0.431 e. The molecule has 0 aromatic carbocycles. The number of halogens is 2. The van der Waals surface area contributed by atoms with Gasteiger partial charge in [-0.2, -0.15) is 13.9 Å². The summed E-state index contributed by atoms with van der Waals surface area (Å²) >= 11 is 0. The summed E-state index contributed by atoms with van der Waals surface area (Å²) in [6, 6.07) is 3.63. The van der Waals surface area contributed by atoms with Crippen LogP contribution in [0.3, 0.4) is 0 Å². The number of rotatable bonds is 7. The fourth-order valence-corrected chi connectivity index (χ4v) is 5.40. The lowest BCUT2D eigenvalue weighted by Crippen LogP contribution is -2.18.